The highest BCUT2D eigenvalue weighted by Gasteiger charge is 2.47. The number of anilines is 1. The molecular weight excluding hydrogens is 210 g/mol. The van der Waals surface area contributed by atoms with Gasteiger partial charge in [0.25, 0.3) is 0 Å². The van der Waals surface area contributed by atoms with Crippen LogP contribution in [-0.2, 0) is 0 Å². The highest BCUT2D eigenvalue weighted by molar-refractivity contribution is 6.21. The molecule has 1 aromatic rings. The van der Waals surface area contributed by atoms with Crippen molar-refractivity contribution < 1.29 is 0 Å². The van der Waals surface area contributed by atoms with Gasteiger partial charge in [-0.2, -0.15) is 0 Å². The lowest BCUT2D eigenvalue weighted by atomic mass is 9.67. The highest BCUT2D eigenvalue weighted by Crippen LogP contribution is 2.45. The number of alkyl halides is 1. The van der Waals surface area contributed by atoms with Gasteiger partial charge < -0.3 is 5.32 Å². The van der Waals surface area contributed by atoms with E-state index in [-0.39, 0.29) is 10.8 Å². The molecule has 1 fully saturated rings. The topological polar surface area (TPSA) is 37.8 Å². The van der Waals surface area contributed by atoms with E-state index in [1.165, 1.54) is 0 Å². The smallest absolute Gasteiger partial charge is 0.222 e. The van der Waals surface area contributed by atoms with E-state index < -0.39 is 0 Å². The third-order valence-electron chi connectivity index (χ3n) is 3.23. The van der Waals surface area contributed by atoms with Crippen LogP contribution in [0.15, 0.2) is 12.4 Å². The minimum Gasteiger partial charge on any atom is -0.351 e. The standard InChI is InChI=1S/C11H16ClN3/c1-7-5-13-10(14-6-7)15-9-4-8(12)11(9,2)3/h5-6,8-9H,4H2,1-3H3,(H,13,14,15). The zero-order valence-electron chi connectivity index (χ0n) is 9.29. The first-order valence-corrected chi connectivity index (χ1v) is 5.63. The summed E-state index contributed by atoms with van der Waals surface area (Å²) in [6.45, 7) is 6.31. The molecule has 0 aromatic carbocycles. The number of halogens is 1. The number of nitrogens with zero attached hydrogens (tertiary/aromatic N) is 2. The molecule has 0 saturated heterocycles. The Morgan fingerprint density at radius 2 is 2.00 bits per heavy atom. The van der Waals surface area contributed by atoms with Gasteiger partial charge >= 0.3 is 0 Å². The molecule has 2 atom stereocenters. The first-order valence-electron chi connectivity index (χ1n) is 5.19. The fourth-order valence-electron chi connectivity index (χ4n) is 1.74. The van der Waals surface area contributed by atoms with Crippen LogP contribution in [0.3, 0.4) is 0 Å². The van der Waals surface area contributed by atoms with Crippen molar-refractivity contribution in [2.45, 2.75) is 38.6 Å². The minimum atomic E-state index is 0.121. The molecule has 0 amide bonds. The van der Waals surface area contributed by atoms with E-state index >= 15 is 0 Å². The van der Waals surface area contributed by atoms with Crippen molar-refractivity contribution in [1.82, 2.24) is 9.97 Å². The molecule has 1 N–H and O–H groups in total. The summed E-state index contributed by atoms with van der Waals surface area (Å²) in [7, 11) is 0. The maximum absolute atomic E-state index is 6.15. The summed E-state index contributed by atoms with van der Waals surface area (Å²) in [4.78, 5) is 8.45. The summed E-state index contributed by atoms with van der Waals surface area (Å²) in [6.07, 6.45) is 4.62. The number of rotatable bonds is 2. The van der Waals surface area contributed by atoms with Crippen molar-refractivity contribution in [2.75, 3.05) is 5.32 Å². The van der Waals surface area contributed by atoms with E-state index in [2.05, 4.69) is 29.1 Å². The Kier molecular flexibility index (Phi) is 2.59. The molecule has 1 saturated carbocycles. The van der Waals surface area contributed by atoms with Crippen LogP contribution >= 0.6 is 11.6 Å². The number of nitrogens with one attached hydrogen (secondary N) is 1. The molecule has 4 heteroatoms. The van der Waals surface area contributed by atoms with Gasteiger partial charge in [0.15, 0.2) is 0 Å². The Labute approximate surface area is 95.3 Å². The van der Waals surface area contributed by atoms with Crippen molar-refractivity contribution in [3.05, 3.63) is 18.0 Å². The average Bonchev–Trinajstić information content (AvgIpc) is 2.21. The van der Waals surface area contributed by atoms with Gasteiger partial charge in [-0.3, -0.25) is 0 Å². The van der Waals surface area contributed by atoms with Crippen LogP contribution < -0.4 is 5.32 Å². The summed E-state index contributed by atoms with van der Waals surface area (Å²) in [6, 6.07) is 0.378. The molecule has 0 aliphatic heterocycles. The van der Waals surface area contributed by atoms with E-state index in [4.69, 9.17) is 11.6 Å². The monoisotopic (exact) mass is 225 g/mol. The van der Waals surface area contributed by atoms with Gasteiger partial charge in [-0.15, -0.1) is 11.6 Å². The molecule has 1 aliphatic rings. The Balaban J connectivity index is 2.02. The van der Waals surface area contributed by atoms with Gasteiger partial charge in [-0.05, 0) is 18.9 Å². The Bertz CT molecular complexity index is 347. The maximum atomic E-state index is 6.15. The molecule has 0 radical (unpaired) electrons. The predicted octanol–water partition coefficient (Wildman–Crippen LogP) is 2.60. The fourth-order valence-corrected chi connectivity index (χ4v) is 2.07. The van der Waals surface area contributed by atoms with E-state index in [9.17, 15) is 0 Å². The zero-order valence-corrected chi connectivity index (χ0v) is 10.0. The molecule has 1 heterocycles. The third-order valence-corrected chi connectivity index (χ3v) is 3.97. The van der Waals surface area contributed by atoms with Crippen LogP contribution in [0, 0.1) is 12.3 Å². The number of hydrogen-bond acceptors (Lipinski definition) is 3. The number of aryl methyl sites for hydroxylation is 1. The lowest BCUT2D eigenvalue weighted by molar-refractivity contribution is 0.167. The Morgan fingerprint density at radius 3 is 2.47 bits per heavy atom. The summed E-state index contributed by atoms with van der Waals surface area (Å²) in [5.74, 6) is 0.697. The van der Waals surface area contributed by atoms with Crippen molar-refractivity contribution in [3.63, 3.8) is 0 Å². The molecule has 82 valence electrons. The average molecular weight is 226 g/mol. The van der Waals surface area contributed by atoms with Crippen molar-refractivity contribution in [1.29, 1.82) is 0 Å². The Morgan fingerprint density at radius 1 is 1.40 bits per heavy atom. The van der Waals surface area contributed by atoms with Crippen molar-refractivity contribution >= 4 is 17.5 Å². The van der Waals surface area contributed by atoms with Crippen molar-refractivity contribution in [2.24, 2.45) is 5.41 Å². The van der Waals surface area contributed by atoms with Crippen LogP contribution in [0.25, 0.3) is 0 Å². The molecular formula is C11H16ClN3. The summed E-state index contributed by atoms with van der Waals surface area (Å²) in [5, 5.41) is 3.57. The van der Waals surface area contributed by atoms with Crippen LogP contribution in [0.5, 0.6) is 0 Å². The van der Waals surface area contributed by atoms with E-state index in [0.29, 0.717) is 12.0 Å². The zero-order chi connectivity index (χ0) is 11.1. The van der Waals surface area contributed by atoms with Gasteiger partial charge in [0.1, 0.15) is 0 Å². The van der Waals surface area contributed by atoms with Gasteiger partial charge in [-0.1, -0.05) is 13.8 Å². The maximum Gasteiger partial charge on any atom is 0.222 e. The van der Waals surface area contributed by atoms with Crippen LogP contribution in [0.1, 0.15) is 25.8 Å². The molecule has 0 bridgehead atoms. The van der Waals surface area contributed by atoms with Gasteiger partial charge in [0, 0.05) is 29.2 Å². The second-order valence-corrected chi connectivity index (χ2v) is 5.33. The lowest BCUT2D eigenvalue weighted by Gasteiger charge is -2.49. The minimum absolute atomic E-state index is 0.121. The van der Waals surface area contributed by atoms with Crippen LogP contribution in [-0.4, -0.2) is 21.4 Å². The number of aromatic nitrogens is 2. The predicted molar refractivity (Wildman–Crippen MR) is 62.2 cm³/mol. The van der Waals surface area contributed by atoms with Gasteiger partial charge in [0.2, 0.25) is 5.95 Å². The molecule has 2 rings (SSSR count). The second kappa shape index (κ2) is 3.63. The van der Waals surface area contributed by atoms with Crippen molar-refractivity contribution in [3.8, 4) is 0 Å². The third kappa shape index (κ3) is 1.93. The van der Waals surface area contributed by atoms with E-state index in [1.54, 1.807) is 0 Å². The summed E-state index contributed by atoms with van der Waals surface area (Å²) in [5.41, 5.74) is 1.19. The summed E-state index contributed by atoms with van der Waals surface area (Å²) >= 11 is 6.15. The molecule has 0 spiro atoms. The second-order valence-electron chi connectivity index (χ2n) is 4.81. The van der Waals surface area contributed by atoms with Crippen LogP contribution in [0.2, 0.25) is 0 Å². The largest absolute Gasteiger partial charge is 0.351 e. The SMILES string of the molecule is Cc1cnc(NC2CC(Cl)C2(C)C)nc1. The summed E-state index contributed by atoms with van der Waals surface area (Å²) < 4.78 is 0. The first-order chi connectivity index (χ1) is 7.00. The van der Waals surface area contributed by atoms with Gasteiger partial charge in [0.05, 0.1) is 0 Å². The molecule has 3 nitrogen and oxygen atoms in total. The Hall–Kier alpha value is -0.830. The number of hydrogen-bond donors (Lipinski definition) is 1. The lowest BCUT2D eigenvalue weighted by Crippen LogP contribution is -2.54. The van der Waals surface area contributed by atoms with E-state index in [1.807, 2.05) is 19.3 Å². The van der Waals surface area contributed by atoms with Gasteiger partial charge in [-0.25, -0.2) is 9.97 Å². The highest BCUT2D eigenvalue weighted by atomic mass is 35.5. The molecule has 2 unspecified atom stereocenters. The quantitative estimate of drug-likeness (QED) is 0.787. The first kappa shape index (κ1) is 10.7. The van der Waals surface area contributed by atoms with Crippen LogP contribution in [0.4, 0.5) is 5.95 Å². The molecule has 1 aliphatic carbocycles. The fraction of sp³-hybridized carbons (Fsp3) is 0.636. The molecule has 15 heavy (non-hydrogen) atoms. The molecule has 1 aromatic heterocycles. The normalized spacial score (nSPS) is 28.3. The van der Waals surface area contributed by atoms with E-state index in [0.717, 1.165) is 12.0 Å².